The summed E-state index contributed by atoms with van der Waals surface area (Å²) in [6.45, 7) is 5.09. The van der Waals surface area contributed by atoms with E-state index >= 15 is 0 Å². The Morgan fingerprint density at radius 3 is 2.45 bits per heavy atom. The molecule has 0 spiro atoms. The summed E-state index contributed by atoms with van der Waals surface area (Å²) in [6.07, 6.45) is 2.76. The summed E-state index contributed by atoms with van der Waals surface area (Å²) >= 11 is 6.59. The second-order valence-corrected chi connectivity index (χ2v) is 8.09. The first-order valence-electron chi connectivity index (χ1n) is 10.7. The Morgan fingerprint density at radius 1 is 1.13 bits per heavy atom. The lowest BCUT2D eigenvalue weighted by atomic mass is 9.89. The van der Waals surface area contributed by atoms with Crippen molar-refractivity contribution in [3.05, 3.63) is 44.3 Å². The number of ketones is 1. The van der Waals surface area contributed by atoms with Gasteiger partial charge in [-0.3, -0.25) is 14.2 Å². The number of Topliss-reactive ketones (excluding diaryl/α,β-unsaturated/α-hetero) is 1. The van der Waals surface area contributed by atoms with E-state index in [0.717, 1.165) is 18.4 Å². The molecule has 168 valence electrons. The van der Waals surface area contributed by atoms with Crippen molar-refractivity contribution in [1.29, 1.82) is 0 Å². The van der Waals surface area contributed by atoms with Crippen LogP contribution in [0.5, 0.6) is 0 Å². The van der Waals surface area contributed by atoms with Gasteiger partial charge >= 0.3 is 0 Å². The third-order valence-electron chi connectivity index (χ3n) is 5.56. The molecule has 0 bridgehead atoms. The number of anilines is 1. The fourth-order valence-electron chi connectivity index (χ4n) is 4.07. The van der Waals surface area contributed by atoms with Crippen LogP contribution in [0.25, 0.3) is 11.4 Å². The molecule has 1 aromatic carbocycles. The monoisotopic (exact) mass is 447 g/mol. The number of halogens is 1. The van der Waals surface area contributed by atoms with E-state index in [9.17, 15) is 9.59 Å². The summed E-state index contributed by atoms with van der Waals surface area (Å²) in [7, 11) is 3.22. The number of carbonyl (C=O) groups is 1. The van der Waals surface area contributed by atoms with Gasteiger partial charge in [-0.15, -0.1) is 0 Å². The van der Waals surface area contributed by atoms with Crippen molar-refractivity contribution in [1.82, 2.24) is 9.55 Å². The number of nitrogens with zero attached hydrogens (tertiary/aromatic N) is 2. The fourth-order valence-corrected chi connectivity index (χ4v) is 4.31. The summed E-state index contributed by atoms with van der Waals surface area (Å²) in [5.74, 6) is 0.641. The second kappa shape index (κ2) is 10.4. The minimum absolute atomic E-state index is 0.117. The van der Waals surface area contributed by atoms with Crippen molar-refractivity contribution in [2.75, 3.05) is 32.8 Å². The van der Waals surface area contributed by atoms with Gasteiger partial charge in [-0.1, -0.05) is 18.5 Å². The maximum Gasteiger partial charge on any atom is 0.277 e. The Morgan fingerprint density at radius 2 is 1.84 bits per heavy atom. The molecule has 1 aromatic heterocycles. The first-order chi connectivity index (χ1) is 14.9. The van der Waals surface area contributed by atoms with Crippen LogP contribution in [0.4, 0.5) is 5.69 Å². The van der Waals surface area contributed by atoms with Crippen LogP contribution in [0.3, 0.4) is 0 Å². The zero-order valence-electron chi connectivity index (χ0n) is 18.6. The summed E-state index contributed by atoms with van der Waals surface area (Å²) < 4.78 is 12.1. The van der Waals surface area contributed by atoms with Gasteiger partial charge in [0.05, 0.1) is 30.0 Å². The van der Waals surface area contributed by atoms with E-state index < -0.39 is 0 Å². The SMILES string of the molecule is CCc1nc(-c2cc3c(cc2Cl)C(=O)CCC3)n(CC)c(=O)c1NC(COC)COC. The summed E-state index contributed by atoms with van der Waals surface area (Å²) in [4.78, 5) is 30.6. The van der Waals surface area contributed by atoms with Crippen molar-refractivity contribution in [2.45, 2.75) is 52.1 Å². The van der Waals surface area contributed by atoms with E-state index in [2.05, 4.69) is 5.32 Å². The molecule has 0 aliphatic heterocycles. The lowest BCUT2D eigenvalue weighted by molar-refractivity contribution is 0.0972. The van der Waals surface area contributed by atoms with Gasteiger partial charge in [-0.05, 0) is 43.9 Å². The van der Waals surface area contributed by atoms with Gasteiger partial charge in [0, 0.05) is 38.3 Å². The molecule has 1 heterocycles. The zero-order valence-corrected chi connectivity index (χ0v) is 19.3. The molecule has 3 rings (SSSR count). The smallest absolute Gasteiger partial charge is 0.277 e. The highest BCUT2D eigenvalue weighted by molar-refractivity contribution is 6.33. The minimum Gasteiger partial charge on any atom is -0.382 e. The molecule has 0 saturated carbocycles. The van der Waals surface area contributed by atoms with Gasteiger partial charge in [0.1, 0.15) is 11.5 Å². The number of rotatable bonds is 9. The largest absolute Gasteiger partial charge is 0.382 e. The molecule has 0 unspecified atom stereocenters. The van der Waals surface area contributed by atoms with Crippen LogP contribution < -0.4 is 10.9 Å². The van der Waals surface area contributed by atoms with Gasteiger partial charge < -0.3 is 14.8 Å². The lowest BCUT2D eigenvalue weighted by Crippen LogP contribution is -2.35. The topological polar surface area (TPSA) is 82.5 Å². The molecular weight excluding hydrogens is 418 g/mol. The third kappa shape index (κ3) is 4.84. The van der Waals surface area contributed by atoms with E-state index in [1.165, 1.54) is 0 Å². The molecule has 1 aliphatic rings. The van der Waals surface area contributed by atoms with Crippen molar-refractivity contribution in [3.63, 3.8) is 0 Å². The molecule has 31 heavy (non-hydrogen) atoms. The lowest BCUT2D eigenvalue weighted by Gasteiger charge is -2.22. The standard InChI is InChI=1S/C23H30ClN3O4/c1-5-19-21(25-15(12-30-3)13-31-4)23(29)27(6-2)22(26-19)17-10-14-8-7-9-20(28)16(14)11-18(17)24/h10-11,15,25H,5-9,12-13H2,1-4H3. The van der Waals surface area contributed by atoms with E-state index in [-0.39, 0.29) is 17.4 Å². The highest BCUT2D eigenvalue weighted by atomic mass is 35.5. The summed E-state index contributed by atoms with van der Waals surface area (Å²) in [6, 6.07) is 3.47. The number of aryl methyl sites for hydroxylation is 2. The first-order valence-corrected chi connectivity index (χ1v) is 11.1. The second-order valence-electron chi connectivity index (χ2n) is 7.68. The average molecular weight is 448 g/mol. The quantitative estimate of drug-likeness (QED) is 0.630. The number of fused-ring (bicyclic) bond motifs is 1. The molecular formula is C23H30ClN3O4. The van der Waals surface area contributed by atoms with Gasteiger partial charge in [-0.25, -0.2) is 4.98 Å². The van der Waals surface area contributed by atoms with Crippen molar-refractivity contribution < 1.29 is 14.3 Å². The Kier molecular flexibility index (Phi) is 7.86. The van der Waals surface area contributed by atoms with Crippen LogP contribution in [-0.4, -0.2) is 48.8 Å². The predicted octanol–water partition coefficient (Wildman–Crippen LogP) is 3.74. The number of hydrogen-bond donors (Lipinski definition) is 1. The Hall–Kier alpha value is -2.22. The Bertz CT molecular complexity index is 1010. The normalized spacial score (nSPS) is 13.5. The number of carbonyl (C=O) groups excluding carboxylic acids is 1. The van der Waals surface area contributed by atoms with Crippen LogP contribution in [0.1, 0.15) is 48.3 Å². The molecule has 2 aromatic rings. The van der Waals surface area contributed by atoms with Gasteiger partial charge in [0.25, 0.3) is 5.56 Å². The molecule has 7 nitrogen and oxygen atoms in total. The van der Waals surface area contributed by atoms with Crippen LogP contribution >= 0.6 is 11.6 Å². The maximum absolute atomic E-state index is 13.5. The molecule has 1 aliphatic carbocycles. The molecule has 8 heteroatoms. The van der Waals surface area contributed by atoms with Crippen LogP contribution in [-0.2, 0) is 28.9 Å². The number of hydrogen-bond acceptors (Lipinski definition) is 6. The predicted molar refractivity (Wildman–Crippen MR) is 122 cm³/mol. The third-order valence-corrected chi connectivity index (χ3v) is 5.88. The first kappa shape index (κ1) is 23.4. The van der Waals surface area contributed by atoms with E-state index in [4.69, 9.17) is 26.1 Å². The number of ether oxygens (including phenoxy) is 2. The molecule has 0 fully saturated rings. The van der Waals surface area contributed by atoms with Crippen molar-refractivity contribution in [3.8, 4) is 11.4 Å². The molecule has 0 radical (unpaired) electrons. The summed E-state index contributed by atoms with van der Waals surface area (Å²) in [5.41, 5.74) is 3.28. The highest BCUT2D eigenvalue weighted by Gasteiger charge is 2.24. The van der Waals surface area contributed by atoms with Gasteiger partial charge in [0.2, 0.25) is 0 Å². The minimum atomic E-state index is -0.177. The van der Waals surface area contributed by atoms with Crippen LogP contribution in [0.2, 0.25) is 5.02 Å². The number of aromatic nitrogens is 2. The molecule has 0 saturated heterocycles. The highest BCUT2D eigenvalue weighted by Crippen LogP contribution is 2.33. The van der Waals surface area contributed by atoms with Crippen LogP contribution in [0.15, 0.2) is 16.9 Å². The molecule has 0 atom stereocenters. The van der Waals surface area contributed by atoms with Gasteiger partial charge in [-0.2, -0.15) is 0 Å². The molecule has 1 N–H and O–H groups in total. The summed E-state index contributed by atoms with van der Waals surface area (Å²) in [5, 5.41) is 3.70. The molecule has 0 amide bonds. The van der Waals surface area contributed by atoms with Crippen molar-refractivity contribution >= 4 is 23.1 Å². The zero-order chi connectivity index (χ0) is 22.5. The number of methoxy groups -OCH3 is 2. The fraction of sp³-hybridized carbons (Fsp3) is 0.522. The van der Waals surface area contributed by atoms with E-state index in [1.807, 2.05) is 19.9 Å². The van der Waals surface area contributed by atoms with E-state index in [1.54, 1.807) is 24.9 Å². The van der Waals surface area contributed by atoms with Gasteiger partial charge in [0.15, 0.2) is 5.78 Å². The maximum atomic E-state index is 13.5. The Labute approximate surface area is 187 Å². The van der Waals surface area contributed by atoms with Crippen LogP contribution in [0, 0.1) is 0 Å². The van der Waals surface area contributed by atoms with E-state index in [0.29, 0.717) is 66.0 Å². The van der Waals surface area contributed by atoms with Crippen molar-refractivity contribution in [2.24, 2.45) is 0 Å². The number of benzene rings is 1. The average Bonchev–Trinajstić information content (AvgIpc) is 2.75. The number of nitrogens with one attached hydrogen (secondary N) is 1. The Balaban J connectivity index is 2.14.